The molecule has 2 aliphatic rings. The number of rotatable bonds is 4. The van der Waals surface area contributed by atoms with E-state index in [9.17, 15) is 9.59 Å². The highest BCUT2D eigenvalue weighted by Crippen LogP contribution is 2.24. The minimum Gasteiger partial charge on any atom is -0.381 e. The van der Waals surface area contributed by atoms with Gasteiger partial charge >= 0.3 is 0 Å². The first-order valence-corrected chi connectivity index (χ1v) is 7.01. The summed E-state index contributed by atoms with van der Waals surface area (Å²) in [5.74, 6) is 0.460. The molecule has 0 aliphatic carbocycles. The van der Waals surface area contributed by atoms with E-state index in [0.29, 0.717) is 24.4 Å². The number of amides is 2. The van der Waals surface area contributed by atoms with E-state index in [1.54, 1.807) is 12.1 Å². The van der Waals surface area contributed by atoms with Crippen LogP contribution in [0.4, 0.5) is 5.69 Å². The molecule has 2 aliphatic heterocycles. The Bertz CT molecular complexity index is 536. The average Bonchev–Trinajstić information content (AvgIpc) is 3.05. The van der Waals surface area contributed by atoms with E-state index in [-0.39, 0.29) is 11.8 Å². The zero-order valence-corrected chi connectivity index (χ0v) is 11.3. The number of benzene rings is 1. The number of carbonyl (C=O) groups excluding carboxylic acids is 2. The van der Waals surface area contributed by atoms with E-state index in [0.717, 1.165) is 37.3 Å². The molecule has 1 atom stereocenters. The van der Waals surface area contributed by atoms with Gasteiger partial charge in [-0.2, -0.15) is 0 Å². The van der Waals surface area contributed by atoms with Gasteiger partial charge in [-0.1, -0.05) is 6.07 Å². The van der Waals surface area contributed by atoms with E-state index in [4.69, 9.17) is 4.74 Å². The van der Waals surface area contributed by atoms with Crippen LogP contribution in [0.2, 0.25) is 0 Å². The van der Waals surface area contributed by atoms with Crippen molar-refractivity contribution in [3.63, 3.8) is 0 Å². The second-order valence-corrected chi connectivity index (χ2v) is 5.37. The molecule has 1 aromatic rings. The Balaban J connectivity index is 1.54. The fraction of sp³-hybridized carbons (Fsp3) is 0.467. The highest BCUT2D eigenvalue weighted by atomic mass is 16.5. The molecule has 1 fully saturated rings. The first-order chi connectivity index (χ1) is 9.72. The van der Waals surface area contributed by atoms with Crippen molar-refractivity contribution >= 4 is 17.5 Å². The van der Waals surface area contributed by atoms with Crippen LogP contribution in [0.1, 0.15) is 28.8 Å². The van der Waals surface area contributed by atoms with Crippen LogP contribution in [0.25, 0.3) is 0 Å². The normalized spacial score (nSPS) is 20.6. The quantitative estimate of drug-likeness (QED) is 0.870. The first-order valence-electron chi connectivity index (χ1n) is 7.01. The molecule has 1 saturated heterocycles. The van der Waals surface area contributed by atoms with Crippen molar-refractivity contribution in [2.24, 2.45) is 5.92 Å². The third-order valence-electron chi connectivity index (χ3n) is 3.86. The Morgan fingerprint density at radius 1 is 1.45 bits per heavy atom. The summed E-state index contributed by atoms with van der Waals surface area (Å²) in [5, 5.41) is 5.68. The smallest absolute Gasteiger partial charge is 0.251 e. The molecule has 0 saturated carbocycles. The van der Waals surface area contributed by atoms with Gasteiger partial charge in [-0.3, -0.25) is 9.59 Å². The summed E-state index contributed by atoms with van der Waals surface area (Å²) in [4.78, 5) is 23.3. The fourth-order valence-corrected chi connectivity index (χ4v) is 2.66. The number of hydrogen-bond donors (Lipinski definition) is 2. The van der Waals surface area contributed by atoms with Crippen LogP contribution in [-0.2, 0) is 16.0 Å². The van der Waals surface area contributed by atoms with Gasteiger partial charge in [-0.05, 0) is 36.5 Å². The number of ether oxygens (including phenoxy) is 1. The summed E-state index contributed by atoms with van der Waals surface area (Å²) in [7, 11) is 0. The van der Waals surface area contributed by atoms with E-state index >= 15 is 0 Å². The topological polar surface area (TPSA) is 67.4 Å². The highest BCUT2D eigenvalue weighted by molar-refractivity contribution is 6.02. The van der Waals surface area contributed by atoms with Crippen LogP contribution < -0.4 is 10.6 Å². The number of nitrogens with one attached hydrogen (secondary N) is 2. The molecular weight excluding hydrogens is 256 g/mol. The zero-order chi connectivity index (χ0) is 13.9. The lowest BCUT2D eigenvalue weighted by atomic mass is 10.1. The van der Waals surface area contributed by atoms with Gasteiger partial charge in [0.15, 0.2) is 0 Å². The van der Waals surface area contributed by atoms with Crippen molar-refractivity contribution in [2.75, 3.05) is 25.1 Å². The van der Waals surface area contributed by atoms with Crippen LogP contribution in [0, 0.1) is 5.92 Å². The van der Waals surface area contributed by atoms with Crippen LogP contribution in [0.3, 0.4) is 0 Å². The molecule has 0 radical (unpaired) electrons. The molecule has 20 heavy (non-hydrogen) atoms. The molecule has 3 rings (SSSR count). The molecule has 0 aromatic heterocycles. The van der Waals surface area contributed by atoms with Gasteiger partial charge in [0.2, 0.25) is 5.91 Å². The molecule has 1 aromatic carbocycles. The number of hydrogen-bond acceptors (Lipinski definition) is 3. The summed E-state index contributed by atoms with van der Waals surface area (Å²) in [5.41, 5.74) is 2.30. The Morgan fingerprint density at radius 2 is 2.35 bits per heavy atom. The molecule has 2 N–H and O–H groups in total. The molecule has 0 spiro atoms. The molecule has 5 nitrogen and oxygen atoms in total. The third-order valence-corrected chi connectivity index (χ3v) is 3.86. The lowest BCUT2D eigenvalue weighted by Crippen LogP contribution is -2.26. The van der Waals surface area contributed by atoms with Gasteiger partial charge in [-0.25, -0.2) is 0 Å². The lowest BCUT2D eigenvalue weighted by molar-refractivity contribution is -0.115. The maximum Gasteiger partial charge on any atom is 0.251 e. The Morgan fingerprint density at radius 3 is 3.15 bits per heavy atom. The van der Waals surface area contributed by atoms with Gasteiger partial charge in [-0.15, -0.1) is 0 Å². The van der Waals surface area contributed by atoms with Crippen molar-refractivity contribution in [2.45, 2.75) is 19.3 Å². The standard InChI is InChI=1S/C15H18N2O3/c18-14-8-11-1-2-12(7-13(11)17-14)15(19)16-5-3-10-4-6-20-9-10/h1-2,7,10H,3-6,8-9H2,(H,16,19)(H,17,18). The lowest BCUT2D eigenvalue weighted by Gasteiger charge is -2.09. The molecule has 0 bridgehead atoms. The number of carbonyl (C=O) groups is 2. The highest BCUT2D eigenvalue weighted by Gasteiger charge is 2.19. The van der Waals surface area contributed by atoms with E-state index in [1.807, 2.05) is 6.07 Å². The second-order valence-electron chi connectivity index (χ2n) is 5.37. The van der Waals surface area contributed by atoms with Crippen molar-refractivity contribution in [1.82, 2.24) is 5.32 Å². The van der Waals surface area contributed by atoms with Crippen molar-refractivity contribution in [3.8, 4) is 0 Å². The van der Waals surface area contributed by atoms with Gasteiger partial charge < -0.3 is 15.4 Å². The average molecular weight is 274 g/mol. The van der Waals surface area contributed by atoms with Crippen molar-refractivity contribution < 1.29 is 14.3 Å². The van der Waals surface area contributed by atoms with Gasteiger partial charge in [0, 0.05) is 31.0 Å². The number of fused-ring (bicyclic) bond motifs is 1. The summed E-state index contributed by atoms with van der Waals surface area (Å²) in [6.07, 6.45) is 2.44. The molecule has 2 amide bonds. The van der Waals surface area contributed by atoms with E-state index < -0.39 is 0 Å². The molecule has 1 unspecified atom stereocenters. The van der Waals surface area contributed by atoms with E-state index in [2.05, 4.69) is 10.6 Å². The first kappa shape index (κ1) is 13.1. The number of anilines is 1. The third kappa shape index (κ3) is 2.82. The Hall–Kier alpha value is -1.88. The van der Waals surface area contributed by atoms with Crippen molar-refractivity contribution in [3.05, 3.63) is 29.3 Å². The fourth-order valence-electron chi connectivity index (χ4n) is 2.66. The molecule has 2 heterocycles. The predicted octanol–water partition coefficient (Wildman–Crippen LogP) is 1.34. The van der Waals surface area contributed by atoms with Crippen LogP contribution >= 0.6 is 0 Å². The van der Waals surface area contributed by atoms with Crippen LogP contribution in [-0.4, -0.2) is 31.6 Å². The maximum absolute atomic E-state index is 12.0. The second kappa shape index (κ2) is 5.63. The van der Waals surface area contributed by atoms with Gasteiger partial charge in [0.05, 0.1) is 6.42 Å². The van der Waals surface area contributed by atoms with Crippen LogP contribution in [0.15, 0.2) is 18.2 Å². The maximum atomic E-state index is 12.0. The Labute approximate surface area is 117 Å². The molecule has 106 valence electrons. The summed E-state index contributed by atoms with van der Waals surface area (Å²) in [6.45, 7) is 2.31. The summed E-state index contributed by atoms with van der Waals surface area (Å²) < 4.78 is 5.31. The largest absolute Gasteiger partial charge is 0.381 e. The molecule has 5 heteroatoms. The van der Waals surface area contributed by atoms with E-state index in [1.165, 1.54) is 0 Å². The van der Waals surface area contributed by atoms with Crippen LogP contribution in [0.5, 0.6) is 0 Å². The van der Waals surface area contributed by atoms with Gasteiger partial charge in [0.1, 0.15) is 0 Å². The summed E-state index contributed by atoms with van der Waals surface area (Å²) >= 11 is 0. The Kier molecular flexibility index (Phi) is 3.69. The SMILES string of the molecule is O=C1Cc2ccc(C(=O)NCCC3CCOC3)cc2N1. The minimum atomic E-state index is -0.0899. The predicted molar refractivity (Wildman–Crippen MR) is 74.7 cm³/mol. The monoisotopic (exact) mass is 274 g/mol. The molecular formula is C15H18N2O3. The van der Waals surface area contributed by atoms with Gasteiger partial charge in [0.25, 0.3) is 5.91 Å². The summed E-state index contributed by atoms with van der Waals surface area (Å²) in [6, 6.07) is 5.36. The van der Waals surface area contributed by atoms with Crippen molar-refractivity contribution in [1.29, 1.82) is 0 Å². The zero-order valence-electron chi connectivity index (χ0n) is 11.3. The minimum absolute atomic E-state index is 0.0150.